The maximum absolute atomic E-state index is 11.2. The average Bonchev–Trinajstić information content (AvgIpc) is 2.09. The molecule has 6 nitrogen and oxygen atoms in total. The van der Waals surface area contributed by atoms with Crippen LogP contribution in [0.1, 0.15) is 6.42 Å². The van der Waals surface area contributed by atoms with E-state index in [9.17, 15) is 9.59 Å². The molecule has 1 aliphatic heterocycles. The lowest BCUT2D eigenvalue weighted by Gasteiger charge is -2.42. The number of likely N-dealkylation sites (tertiary alicyclic amines) is 1. The van der Waals surface area contributed by atoms with Crippen molar-refractivity contribution in [1.82, 2.24) is 4.90 Å². The molecular weight excluding hydrogens is 186 g/mol. The summed E-state index contributed by atoms with van der Waals surface area (Å²) in [6.07, 6.45) is 0.683. The predicted octanol–water partition coefficient (Wildman–Crippen LogP) is -1.95. The highest BCUT2D eigenvalue weighted by Crippen LogP contribution is 2.20. The number of amides is 1. The molecule has 1 amide bonds. The second kappa shape index (κ2) is 4.39. The summed E-state index contributed by atoms with van der Waals surface area (Å²) in [7, 11) is 1.30. The molecule has 1 fully saturated rings. The van der Waals surface area contributed by atoms with E-state index in [0.717, 1.165) is 0 Å². The topological polar surface area (TPSA) is 98.7 Å². The van der Waals surface area contributed by atoms with Crippen LogP contribution in [0, 0.1) is 0 Å². The third-order valence-electron chi connectivity index (χ3n) is 2.49. The summed E-state index contributed by atoms with van der Waals surface area (Å²) >= 11 is 0. The molecule has 0 spiro atoms. The minimum absolute atomic E-state index is 0.135. The molecule has 14 heavy (non-hydrogen) atoms. The largest absolute Gasteiger partial charge is 0.468 e. The first-order valence-corrected chi connectivity index (χ1v) is 4.44. The van der Waals surface area contributed by atoms with Crippen molar-refractivity contribution >= 4 is 11.9 Å². The van der Waals surface area contributed by atoms with E-state index in [2.05, 4.69) is 4.74 Å². The Morgan fingerprint density at radius 3 is 2.57 bits per heavy atom. The Hall–Kier alpha value is -1.14. The number of esters is 1. The Kier molecular flexibility index (Phi) is 3.43. The molecule has 1 rings (SSSR count). The molecule has 1 heterocycles. The van der Waals surface area contributed by atoms with E-state index >= 15 is 0 Å². The minimum atomic E-state index is -0.550. The molecule has 2 unspecified atom stereocenters. The van der Waals surface area contributed by atoms with E-state index < -0.39 is 17.9 Å². The first kappa shape index (κ1) is 10.9. The molecule has 0 aromatic heterocycles. The van der Waals surface area contributed by atoms with Crippen molar-refractivity contribution in [2.45, 2.75) is 18.5 Å². The fraction of sp³-hybridized carbons (Fsp3) is 0.750. The van der Waals surface area contributed by atoms with Crippen LogP contribution in [0.25, 0.3) is 0 Å². The fourth-order valence-electron chi connectivity index (χ4n) is 1.59. The predicted molar refractivity (Wildman–Crippen MR) is 49.2 cm³/mol. The van der Waals surface area contributed by atoms with Gasteiger partial charge >= 0.3 is 5.97 Å². The van der Waals surface area contributed by atoms with Crippen LogP contribution in [0.2, 0.25) is 0 Å². The maximum Gasteiger partial charge on any atom is 0.324 e. The van der Waals surface area contributed by atoms with E-state index in [1.165, 1.54) is 7.11 Å². The smallest absolute Gasteiger partial charge is 0.324 e. The normalized spacial score (nSPS) is 23.7. The quantitative estimate of drug-likeness (QED) is 0.515. The van der Waals surface area contributed by atoms with E-state index in [4.69, 9.17) is 11.5 Å². The highest BCUT2D eigenvalue weighted by Gasteiger charge is 2.40. The second-order valence-electron chi connectivity index (χ2n) is 3.22. The van der Waals surface area contributed by atoms with Gasteiger partial charge in [0.1, 0.15) is 6.04 Å². The first-order valence-electron chi connectivity index (χ1n) is 4.44. The number of carbonyl (C=O) groups is 2. The summed E-state index contributed by atoms with van der Waals surface area (Å²) in [5.41, 5.74) is 10.6. The van der Waals surface area contributed by atoms with Crippen molar-refractivity contribution in [3.05, 3.63) is 0 Å². The molecule has 6 heteroatoms. The number of nitrogens with zero attached hydrogens (tertiary/aromatic N) is 1. The van der Waals surface area contributed by atoms with Crippen LogP contribution in [0.4, 0.5) is 0 Å². The number of primary amides is 1. The van der Waals surface area contributed by atoms with Gasteiger partial charge in [-0.15, -0.1) is 0 Å². The van der Waals surface area contributed by atoms with Crippen LogP contribution in [-0.4, -0.2) is 49.1 Å². The van der Waals surface area contributed by atoms with Crippen LogP contribution in [-0.2, 0) is 14.3 Å². The molecular formula is C8H15N3O3. The molecule has 0 aromatic carbocycles. The summed E-state index contributed by atoms with van der Waals surface area (Å²) in [4.78, 5) is 23.8. The van der Waals surface area contributed by atoms with E-state index in [-0.39, 0.29) is 12.6 Å². The van der Waals surface area contributed by atoms with Crippen molar-refractivity contribution in [3.63, 3.8) is 0 Å². The zero-order valence-electron chi connectivity index (χ0n) is 8.10. The molecule has 2 atom stereocenters. The average molecular weight is 201 g/mol. The highest BCUT2D eigenvalue weighted by atomic mass is 16.5. The standard InChI is InChI=1S/C8H15N3O3/c1-14-8(13)6(4-9)11-3-2-5(11)7(10)12/h5-6H,2-4,9H2,1H3,(H2,10,12). The highest BCUT2D eigenvalue weighted by molar-refractivity contribution is 5.83. The monoisotopic (exact) mass is 201 g/mol. The van der Waals surface area contributed by atoms with E-state index in [0.29, 0.717) is 13.0 Å². The van der Waals surface area contributed by atoms with Gasteiger partial charge in [-0.3, -0.25) is 14.5 Å². The molecule has 80 valence electrons. The number of ether oxygens (including phenoxy) is 1. The molecule has 0 bridgehead atoms. The molecule has 0 aliphatic carbocycles. The summed E-state index contributed by atoms with van der Waals surface area (Å²) in [6, 6.07) is -0.922. The number of rotatable bonds is 4. The Morgan fingerprint density at radius 1 is 1.64 bits per heavy atom. The lowest BCUT2D eigenvalue weighted by molar-refractivity contribution is -0.152. The van der Waals surface area contributed by atoms with E-state index in [1.807, 2.05) is 0 Å². The number of nitrogens with two attached hydrogens (primary N) is 2. The van der Waals surface area contributed by atoms with Gasteiger partial charge in [0.25, 0.3) is 0 Å². The third-order valence-corrected chi connectivity index (χ3v) is 2.49. The molecule has 1 saturated heterocycles. The van der Waals surface area contributed by atoms with Crippen molar-refractivity contribution in [3.8, 4) is 0 Å². The van der Waals surface area contributed by atoms with Gasteiger partial charge in [0, 0.05) is 13.1 Å². The van der Waals surface area contributed by atoms with Crippen molar-refractivity contribution in [2.75, 3.05) is 20.2 Å². The third kappa shape index (κ3) is 1.85. The lowest BCUT2D eigenvalue weighted by atomic mass is 9.99. The Balaban J connectivity index is 2.62. The van der Waals surface area contributed by atoms with Crippen LogP contribution < -0.4 is 11.5 Å². The van der Waals surface area contributed by atoms with Gasteiger partial charge in [0.05, 0.1) is 13.2 Å². The zero-order valence-corrected chi connectivity index (χ0v) is 8.10. The molecule has 0 aromatic rings. The van der Waals surface area contributed by atoms with Gasteiger partial charge < -0.3 is 16.2 Å². The van der Waals surface area contributed by atoms with Gasteiger partial charge in [0.2, 0.25) is 5.91 Å². The Bertz CT molecular complexity index is 244. The SMILES string of the molecule is COC(=O)C(CN)N1CCC1C(N)=O. The summed E-state index contributed by atoms with van der Waals surface area (Å²) < 4.78 is 4.58. The number of hydrogen-bond acceptors (Lipinski definition) is 5. The zero-order chi connectivity index (χ0) is 10.7. The summed E-state index contributed by atoms with van der Waals surface area (Å²) in [6.45, 7) is 0.793. The van der Waals surface area contributed by atoms with E-state index in [1.54, 1.807) is 4.90 Å². The number of hydrogen-bond donors (Lipinski definition) is 2. The lowest BCUT2D eigenvalue weighted by Crippen LogP contribution is -2.62. The molecule has 0 saturated carbocycles. The Morgan fingerprint density at radius 2 is 2.29 bits per heavy atom. The van der Waals surface area contributed by atoms with Crippen LogP contribution in [0.3, 0.4) is 0 Å². The van der Waals surface area contributed by atoms with Gasteiger partial charge in [-0.1, -0.05) is 0 Å². The molecule has 4 N–H and O–H groups in total. The molecule has 0 radical (unpaired) electrons. The van der Waals surface area contributed by atoms with Crippen molar-refractivity contribution < 1.29 is 14.3 Å². The fourth-order valence-corrected chi connectivity index (χ4v) is 1.59. The number of methoxy groups -OCH3 is 1. The maximum atomic E-state index is 11.2. The minimum Gasteiger partial charge on any atom is -0.468 e. The summed E-state index contributed by atoms with van der Waals surface area (Å²) in [5, 5.41) is 0. The van der Waals surface area contributed by atoms with Crippen LogP contribution >= 0.6 is 0 Å². The summed E-state index contributed by atoms with van der Waals surface area (Å²) in [5.74, 6) is -0.836. The van der Waals surface area contributed by atoms with Crippen molar-refractivity contribution in [1.29, 1.82) is 0 Å². The van der Waals surface area contributed by atoms with Gasteiger partial charge in [-0.05, 0) is 6.42 Å². The van der Waals surface area contributed by atoms with Crippen LogP contribution in [0.5, 0.6) is 0 Å². The second-order valence-corrected chi connectivity index (χ2v) is 3.22. The van der Waals surface area contributed by atoms with Gasteiger partial charge in [0.15, 0.2) is 0 Å². The van der Waals surface area contributed by atoms with Crippen molar-refractivity contribution in [2.24, 2.45) is 11.5 Å². The van der Waals surface area contributed by atoms with Crippen LogP contribution in [0.15, 0.2) is 0 Å². The Labute approximate surface area is 82.2 Å². The van der Waals surface area contributed by atoms with Gasteiger partial charge in [-0.2, -0.15) is 0 Å². The number of carbonyl (C=O) groups excluding carboxylic acids is 2. The molecule has 1 aliphatic rings. The first-order chi connectivity index (χ1) is 6.61. The van der Waals surface area contributed by atoms with Gasteiger partial charge in [-0.25, -0.2) is 0 Å².